The predicted octanol–water partition coefficient (Wildman–Crippen LogP) is -0.115. The number of guanidine groups is 2. The Labute approximate surface area is 165 Å². The molecule has 0 aliphatic carbocycles. The van der Waals surface area contributed by atoms with Gasteiger partial charge in [0.05, 0.1) is 6.54 Å². The van der Waals surface area contributed by atoms with E-state index >= 15 is 0 Å². The lowest BCUT2D eigenvalue weighted by Crippen LogP contribution is -2.34. The van der Waals surface area contributed by atoms with E-state index < -0.39 is 0 Å². The largest absolute Gasteiger partial charge is 0.348 e. The lowest BCUT2D eigenvalue weighted by atomic mass is 10.3. The molecule has 0 aromatic rings. The highest BCUT2D eigenvalue weighted by molar-refractivity contribution is 5.83. The number of unbranched alkanes of at least 4 members (excludes halogenated alkanes) is 1. The quantitative estimate of drug-likeness (QED) is 0.225. The molecule has 2 rings (SSSR count). The first-order valence-electron chi connectivity index (χ1n) is 9.61. The number of nitrogens with zero attached hydrogens (tertiary/aromatic N) is 7. The second-order valence-corrected chi connectivity index (χ2v) is 6.56. The van der Waals surface area contributed by atoms with Crippen molar-refractivity contribution in [3.8, 4) is 6.19 Å². The normalized spacial score (nSPS) is 15.0. The summed E-state index contributed by atoms with van der Waals surface area (Å²) in [6.45, 7) is 9.48. The fourth-order valence-corrected chi connectivity index (χ4v) is 2.64. The minimum atomic E-state index is 0.655. The molecular weight excluding hydrogens is 342 g/mol. The molecule has 1 saturated heterocycles. The molecule has 27 heavy (non-hydrogen) atoms. The third-order valence-electron chi connectivity index (χ3n) is 4.03. The van der Waals surface area contributed by atoms with Crippen molar-refractivity contribution in [3.63, 3.8) is 0 Å². The van der Waals surface area contributed by atoms with Crippen LogP contribution in [0.25, 0.3) is 0 Å². The number of likely N-dealkylation sites (N-methyl/N-ethyl adjacent to an activating group) is 1. The van der Waals surface area contributed by atoms with Crippen LogP contribution in [0.5, 0.6) is 0 Å². The summed E-state index contributed by atoms with van der Waals surface area (Å²) < 4.78 is 0. The first kappa shape index (κ1) is 24.9. The topological polar surface area (TPSA) is 99.5 Å². The van der Waals surface area contributed by atoms with Crippen molar-refractivity contribution >= 4 is 11.9 Å². The van der Waals surface area contributed by atoms with Crippen molar-refractivity contribution < 1.29 is 0 Å². The van der Waals surface area contributed by atoms with E-state index in [2.05, 4.69) is 39.1 Å². The first-order chi connectivity index (χ1) is 12.9. The van der Waals surface area contributed by atoms with Crippen molar-refractivity contribution in [1.29, 1.82) is 5.26 Å². The molecule has 0 aromatic carbocycles. The van der Waals surface area contributed by atoms with Crippen LogP contribution in [0.4, 0.5) is 0 Å². The molecule has 2 heterocycles. The molecule has 9 nitrogen and oxygen atoms in total. The van der Waals surface area contributed by atoms with Crippen molar-refractivity contribution in [1.82, 2.24) is 24.9 Å². The van der Waals surface area contributed by atoms with Gasteiger partial charge in [-0.15, -0.1) is 0 Å². The van der Waals surface area contributed by atoms with Crippen molar-refractivity contribution in [2.75, 3.05) is 81.1 Å². The summed E-state index contributed by atoms with van der Waals surface area (Å²) in [5.41, 5.74) is 5.25. The maximum absolute atomic E-state index is 8.45. The van der Waals surface area contributed by atoms with Gasteiger partial charge < -0.3 is 25.8 Å². The van der Waals surface area contributed by atoms with Gasteiger partial charge in [-0.25, -0.2) is 0 Å². The zero-order chi connectivity index (χ0) is 20.7. The van der Waals surface area contributed by atoms with Gasteiger partial charge in [0, 0.05) is 68.0 Å². The number of hydrogen-bond donors (Lipinski definition) is 2. The summed E-state index contributed by atoms with van der Waals surface area (Å²) in [5.74, 6) is 1.86. The van der Waals surface area contributed by atoms with E-state index in [0.717, 1.165) is 39.3 Å². The van der Waals surface area contributed by atoms with Crippen LogP contribution in [0, 0.1) is 11.5 Å². The summed E-state index contributed by atoms with van der Waals surface area (Å²) in [6.07, 6.45) is 4.48. The Balaban J connectivity index is 0.000000378. The van der Waals surface area contributed by atoms with Crippen LogP contribution in [0.1, 0.15) is 19.8 Å². The Morgan fingerprint density at radius 1 is 1.30 bits per heavy atom. The van der Waals surface area contributed by atoms with Gasteiger partial charge in [0.25, 0.3) is 0 Å². The molecule has 0 aromatic heterocycles. The lowest BCUT2D eigenvalue weighted by molar-refractivity contribution is 0.498. The number of nitrogens with one attached hydrogen (secondary N) is 1. The molecular formula is C18H39N9. The maximum atomic E-state index is 8.45. The van der Waals surface area contributed by atoms with Gasteiger partial charge in [-0.1, -0.05) is 13.3 Å². The molecule has 2 aliphatic heterocycles. The number of nitriles is 1. The minimum absolute atomic E-state index is 0.655. The molecule has 2 aliphatic rings. The summed E-state index contributed by atoms with van der Waals surface area (Å²) in [5, 5.41) is 11.7. The van der Waals surface area contributed by atoms with E-state index in [9.17, 15) is 0 Å². The van der Waals surface area contributed by atoms with Crippen LogP contribution in [-0.4, -0.2) is 113 Å². The average molecular weight is 382 g/mol. The number of hydrogen-bond acceptors (Lipinski definition) is 7. The Morgan fingerprint density at radius 2 is 2.00 bits per heavy atom. The summed E-state index contributed by atoms with van der Waals surface area (Å²) in [7, 11) is 9.11. The van der Waals surface area contributed by atoms with Crippen LogP contribution in [0.2, 0.25) is 0 Å². The number of aliphatic imine (C=N–C) groups is 2. The molecule has 0 radical (unpaired) electrons. The summed E-state index contributed by atoms with van der Waals surface area (Å²) in [6, 6.07) is 0. The summed E-state index contributed by atoms with van der Waals surface area (Å²) in [4.78, 5) is 16.0. The Morgan fingerprint density at radius 3 is 2.44 bits per heavy atom. The molecule has 0 saturated carbocycles. The third kappa shape index (κ3) is 10.0. The SMILES string of the molecule is CCCCNCCN.CN1CCN2CCN=C12.CN=C(N(C)C)N(C)C#N. The van der Waals surface area contributed by atoms with Crippen LogP contribution < -0.4 is 11.1 Å². The smallest absolute Gasteiger partial charge is 0.208 e. The van der Waals surface area contributed by atoms with Crippen molar-refractivity contribution in [2.45, 2.75) is 19.8 Å². The van der Waals surface area contributed by atoms with Crippen LogP contribution in [0.15, 0.2) is 9.98 Å². The van der Waals surface area contributed by atoms with Crippen molar-refractivity contribution in [3.05, 3.63) is 0 Å². The van der Waals surface area contributed by atoms with E-state index in [1.54, 1.807) is 19.0 Å². The molecule has 0 atom stereocenters. The van der Waals surface area contributed by atoms with Gasteiger partial charge in [0.1, 0.15) is 0 Å². The fourth-order valence-electron chi connectivity index (χ4n) is 2.64. The molecule has 1 fully saturated rings. The van der Waals surface area contributed by atoms with Crippen molar-refractivity contribution in [2.24, 2.45) is 15.7 Å². The highest BCUT2D eigenvalue weighted by Crippen LogP contribution is 2.10. The summed E-state index contributed by atoms with van der Waals surface area (Å²) >= 11 is 0. The minimum Gasteiger partial charge on any atom is -0.348 e. The Kier molecular flexibility index (Phi) is 13.9. The van der Waals surface area contributed by atoms with Gasteiger partial charge in [0.2, 0.25) is 5.96 Å². The predicted molar refractivity (Wildman–Crippen MR) is 114 cm³/mol. The molecule has 9 heteroatoms. The van der Waals surface area contributed by atoms with E-state index in [0.29, 0.717) is 5.96 Å². The number of fused-ring (bicyclic) bond motifs is 1. The highest BCUT2D eigenvalue weighted by Gasteiger charge is 2.25. The van der Waals surface area contributed by atoms with Crippen LogP contribution in [-0.2, 0) is 0 Å². The first-order valence-corrected chi connectivity index (χ1v) is 9.61. The van der Waals surface area contributed by atoms with Gasteiger partial charge in [-0.2, -0.15) is 5.26 Å². The highest BCUT2D eigenvalue weighted by atomic mass is 15.4. The van der Waals surface area contributed by atoms with Crippen LogP contribution in [0.3, 0.4) is 0 Å². The lowest BCUT2D eigenvalue weighted by Gasteiger charge is -2.18. The van der Waals surface area contributed by atoms with Gasteiger partial charge in [-0.05, 0) is 13.0 Å². The Hall–Kier alpha value is -2.05. The number of rotatable bonds is 5. The molecule has 0 bridgehead atoms. The molecule has 3 N–H and O–H groups in total. The van der Waals surface area contributed by atoms with E-state index in [1.807, 2.05) is 20.3 Å². The second kappa shape index (κ2) is 15.1. The van der Waals surface area contributed by atoms with Crippen LogP contribution >= 0.6 is 0 Å². The molecule has 0 spiro atoms. The van der Waals surface area contributed by atoms with Gasteiger partial charge in [-0.3, -0.25) is 14.9 Å². The fraction of sp³-hybridized carbons (Fsp3) is 0.833. The Bertz CT molecular complexity index is 476. The van der Waals surface area contributed by atoms with E-state index in [1.165, 1.54) is 30.2 Å². The molecule has 156 valence electrons. The number of nitrogens with two attached hydrogens (primary N) is 1. The zero-order valence-electron chi connectivity index (χ0n) is 18.1. The molecule has 0 unspecified atom stereocenters. The monoisotopic (exact) mass is 381 g/mol. The second-order valence-electron chi connectivity index (χ2n) is 6.56. The molecule has 0 amide bonds. The van der Waals surface area contributed by atoms with E-state index in [4.69, 9.17) is 11.0 Å². The van der Waals surface area contributed by atoms with E-state index in [-0.39, 0.29) is 0 Å². The van der Waals surface area contributed by atoms with Gasteiger partial charge >= 0.3 is 0 Å². The standard InChI is InChI=1S/C6H12N4.C6H11N3.C6H16N2/c1-8-6(9(2)3)10(4)5-7;1-8-4-5-9-3-2-7-6(8)9;1-2-3-5-8-6-4-7/h1-4H3;2-5H2,1H3;8H,2-7H2,1H3. The van der Waals surface area contributed by atoms with Gasteiger partial charge in [0.15, 0.2) is 12.2 Å². The maximum Gasteiger partial charge on any atom is 0.208 e. The average Bonchev–Trinajstić information content (AvgIpc) is 3.26. The zero-order valence-corrected chi connectivity index (χ0v) is 18.1. The third-order valence-corrected chi connectivity index (χ3v) is 4.03.